The van der Waals surface area contributed by atoms with Crippen LogP contribution < -0.4 is 19.7 Å². The van der Waals surface area contributed by atoms with Crippen LogP contribution in [0.1, 0.15) is 76.0 Å². The molecule has 0 aromatic heterocycles. The number of sulfone groups is 1. The summed E-state index contributed by atoms with van der Waals surface area (Å²) in [6.45, 7) is 20.2. The molecule has 304 valence electrons. The third-order valence-electron chi connectivity index (χ3n) is 11.4. The molecule has 0 bridgehead atoms. The molecule has 0 spiro atoms. The van der Waals surface area contributed by atoms with E-state index in [0.717, 1.165) is 41.3 Å². The van der Waals surface area contributed by atoms with Crippen molar-refractivity contribution in [2.45, 2.75) is 100.0 Å². The van der Waals surface area contributed by atoms with Gasteiger partial charge in [0.05, 0.1) is 49.7 Å². The van der Waals surface area contributed by atoms with E-state index < -0.39 is 29.7 Å². The molecule has 1 fully saturated rings. The van der Waals surface area contributed by atoms with Crippen molar-refractivity contribution in [1.82, 2.24) is 5.32 Å². The molecular weight excluding hydrogens is 733 g/mol. The number of hydrogen-bond donors (Lipinski definition) is 1. The Labute approximate surface area is 331 Å². The summed E-state index contributed by atoms with van der Waals surface area (Å²) in [5.41, 5.74) is 3.46. The zero-order valence-electron chi connectivity index (χ0n) is 34.4. The van der Waals surface area contributed by atoms with E-state index in [2.05, 4.69) is 51.8 Å². The lowest BCUT2D eigenvalue weighted by molar-refractivity contribution is -0.0687. The average molecular weight is 797 g/mol. The molecule has 12 heteroatoms. The van der Waals surface area contributed by atoms with Crippen molar-refractivity contribution >= 4 is 23.8 Å². The van der Waals surface area contributed by atoms with Crippen molar-refractivity contribution in [2.75, 3.05) is 71.7 Å². The number of fused-ring (bicyclic) bond motifs is 1. The average Bonchev–Trinajstić information content (AvgIpc) is 3.16. The second-order valence-corrected chi connectivity index (χ2v) is 23.3. The van der Waals surface area contributed by atoms with E-state index in [9.17, 15) is 8.42 Å². The summed E-state index contributed by atoms with van der Waals surface area (Å²) in [5.74, 6) is 1.19. The normalized spacial score (nSPS) is 19.8. The minimum atomic E-state index is -4.04. The number of piperidine rings is 1. The van der Waals surface area contributed by atoms with Gasteiger partial charge in [0.15, 0.2) is 13.8 Å². The number of benzene rings is 3. The fourth-order valence-electron chi connectivity index (χ4n) is 8.74. The lowest BCUT2D eigenvalue weighted by atomic mass is 9.85. The van der Waals surface area contributed by atoms with Crippen LogP contribution in [0, 0.1) is 6.92 Å². The van der Waals surface area contributed by atoms with Gasteiger partial charge in [0.2, 0.25) is 9.84 Å². The smallest absolute Gasteiger partial charge is 0.209 e. The Hall–Kier alpha value is -2.97. The van der Waals surface area contributed by atoms with Crippen molar-refractivity contribution < 1.29 is 36.5 Å². The van der Waals surface area contributed by atoms with E-state index in [1.54, 1.807) is 26.4 Å². The molecule has 0 saturated carbocycles. The molecule has 3 aromatic carbocycles. The Kier molecular flexibility index (Phi) is 15.3. The number of rotatable bonds is 19. The molecule has 2 heterocycles. The van der Waals surface area contributed by atoms with E-state index in [0.29, 0.717) is 68.2 Å². The zero-order valence-corrected chi connectivity index (χ0v) is 36.2. The number of nitrogens with one attached hydrogen (secondary N) is 1. The van der Waals surface area contributed by atoms with Crippen LogP contribution in [-0.4, -0.2) is 95.8 Å². The van der Waals surface area contributed by atoms with Gasteiger partial charge in [-0.05, 0) is 77.5 Å². The van der Waals surface area contributed by atoms with Crippen LogP contribution in [0.5, 0.6) is 11.5 Å². The highest BCUT2D eigenvalue weighted by atomic mass is 32.2. The SMILES string of the molecule is COCCCN1CCOc2ccc(C(O[C@H]3CNC[C@@H](OCCO[Si](C(C)C)(C(C)C)C(C)C)[C@H]3c3ccc(OC)cc3)S(=O)(=O)c3ccc(C)cc3)cc21. The van der Waals surface area contributed by atoms with Crippen LogP contribution in [0.15, 0.2) is 71.6 Å². The standard InChI is InChI=1S/C43H64N2O8SSi/c1-30(2)55(31(3)4,32(5)6)52-26-25-51-40-28-44-29-41(42(40)34-13-16-36(49-9)17-14-34)53-43(54(46,47)37-18-11-33(7)12-19-37)35-15-20-39-38(27-35)45(22-24-50-39)21-10-23-48-8/h11-20,27,30-32,40-44H,10,21-26,28-29H2,1-9H3/t40-,41+,42-,43?/m1/s1. The Balaban J connectivity index is 1.50. The van der Waals surface area contributed by atoms with Gasteiger partial charge in [0, 0.05) is 39.3 Å². The van der Waals surface area contributed by atoms with E-state index in [-0.39, 0.29) is 16.9 Å². The number of ether oxygens (including phenoxy) is 5. The summed E-state index contributed by atoms with van der Waals surface area (Å²) in [7, 11) is -2.77. The molecule has 10 nitrogen and oxygen atoms in total. The second-order valence-electron chi connectivity index (χ2n) is 15.8. The molecule has 2 aliphatic heterocycles. The van der Waals surface area contributed by atoms with Gasteiger partial charge < -0.3 is 38.3 Å². The zero-order chi connectivity index (χ0) is 39.8. The lowest BCUT2D eigenvalue weighted by Crippen LogP contribution is -2.52. The van der Waals surface area contributed by atoms with Gasteiger partial charge in [-0.25, -0.2) is 8.42 Å². The third kappa shape index (κ3) is 9.95. The maximum absolute atomic E-state index is 14.8. The molecule has 0 aliphatic carbocycles. The molecule has 5 rings (SSSR count). The van der Waals surface area contributed by atoms with Crippen LogP contribution in [0.4, 0.5) is 5.69 Å². The number of methoxy groups -OCH3 is 2. The first kappa shape index (κ1) is 43.2. The summed E-state index contributed by atoms with van der Waals surface area (Å²) in [6, 6.07) is 20.5. The summed E-state index contributed by atoms with van der Waals surface area (Å²) in [5, 5.41) is 3.52. The Bertz CT molecular complexity index is 1730. The molecule has 0 amide bonds. The van der Waals surface area contributed by atoms with Crippen molar-refractivity contribution in [1.29, 1.82) is 0 Å². The van der Waals surface area contributed by atoms with E-state index in [1.165, 1.54) is 0 Å². The number of hydrogen-bond acceptors (Lipinski definition) is 10. The van der Waals surface area contributed by atoms with Gasteiger partial charge in [-0.1, -0.05) is 77.4 Å². The molecule has 4 atom stereocenters. The quantitative estimate of drug-likeness (QED) is 0.0947. The monoisotopic (exact) mass is 796 g/mol. The van der Waals surface area contributed by atoms with Crippen molar-refractivity contribution in [2.24, 2.45) is 0 Å². The largest absolute Gasteiger partial charge is 0.497 e. The summed E-state index contributed by atoms with van der Waals surface area (Å²) < 4.78 is 67.0. The summed E-state index contributed by atoms with van der Waals surface area (Å²) >= 11 is 0. The lowest BCUT2D eigenvalue weighted by Gasteiger charge is -2.43. The minimum absolute atomic E-state index is 0.205. The molecule has 3 aromatic rings. The highest BCUT2D eigenvalue weighted by molar-refractivity contribution is 7.91. The molecule has 1 saturated heterocycles. The van der Waals surface area contributed by atoms with Crippen LogP contribution >= 0.6 is 0 Å². The van der Waals surface area contributed by atoms with Gasteiger partial charge >= 0.3 is 0 Å². The Morgan fingerprint density at radius 1 is 0.855 bits per heavy atom. The highest BCUT2D eigenvalue weighted by Gasteiger charge is 2.45. The molecule has 2 aliphatic rings. The van der Waals surface area contributed by atoms with Gasteiger partial charge in [-0.3, -0.25) is 0 Å². The Morgan fingerprint density at radius 2 is 1.53 bits per heavy atom. The van der Waals surface area contributed by atoms with Gasteiger partial charge in [0.1, 0.15) is 18.1 Å². The molecule has 0 radical (unpaired) electrons. The number of anilines is 1. The highest BCUT2D eigenvalue weighted by Crippen LogP contribution is 2.43. The summed E-state index contributed by atoms with van der Waals surface area (Å²) in [6.07, 6.45) is -0.0279. The first-order chi connectivity index (χ1) is 26.3. The third-order valence-corrected chi connectivity index (χ3v) is 19.4. The number of nitrogens with zero attached hydrogens (tertiary/aromatic N) is 1. The van der Waals surface area contributed by atoms with Crippen molar-refractivity contribution in [3.05, 3.63) is 83.4 Å². The molecule has 55 heavy (non-hydrogen) atoms. The summed E-state index contributed by atoms with van der Waals surface area (Å²) in [4.78, 5) is 2.44. The van der Waals surface area contributed by atoms with Crippen LogP contribution in [0.2, 0.25) is 16.6 Å². The van der Waals surface area contributed by atoms with E-state index >= 15 is 0 Å². The molecule has 1 N–H and O–H groups in total. The van der Waals surface area contributed by atoms with Crippen molar-refractivity contribution in [3.63, 3.8) is 0 Å². The predicted octanol–water partition coefficient (Wildman–Crippen LogP) is 8.06. The fraction of sp³-hybridized carbons (Fsp3) is 0.581. The fourth-order valence-corrected chi connectivity index (χ4v) is 15.7. The second kappa shape index (κ2) is 19.5. The van der Waals surface area contributed by atoms with Gasteiger partial charge in [0.25, 0.3) is 0 Å². The predicted molar refractivity (Wildman–Crippen MR) is 222 cm³/mol. The van der Waals surface area contributed by atoms with Crippen LogP contribution in [-0.2, 0) is 28.5 Å². The van der Waals surface area contributed by atoms with E-state index in [4.69, 9.17) is 28.1 Å². The number of aryl methyl sites for hydroxylation is 1. The first-order valence-corrected chi connectivity index (χ1v) is 23.6. The van der Waals surface area contributed by atoms with Gasteiger partial charge in [-0.15, -0.1) is 0 Å². The topological polar surface area (TPSA) is 105 Å². The van der Waals surface area contributed by atoms with E-state index in [1.807, 2.05) is 61.5 Å². The van der Waals surface area contributed by atoms with Crippen LogP contribution in [0.3, 0.4) is 0 Å². The van der Waals surface area contributed by atoms with Gasteiger partial charge in [-0.2, -0.15) is 0 Å². The van der Waals surface area contributed by atoms with Crippen molar-refractivity contribution in [3.8, 4) is 11.5 Å². The molecular formula is C43H64N2O8SSi. The van der Waals surface area contributed by atoms with Crippen LogP contribution in [0.25, 0.3) is 0 Å². The maximum Gasteiger partial charge on any atom is 0.209 e. The molecule has 1 unspecified atom stereocenters. The first-order valence-electron chi connectivity index (χ1n) is 19.9. The maximum atomic E-state index is 14.8. The minimum Gasteiger partial charge on any atom is -0.497 e. The Morgan fingerprint density at radius 3 is 2.16 bits per heavy atom.